The summed E-state index contributed by atoms with van der Waals surface area (Å²) in [7, 11) is 0. The summed E-state index contributed by atoms with van der Waals surface area (Å²) in [6.07, 6.45) is 3.21. The summed E-state index contributed by atoms with van der Waals surface area (Å²) in [4.78, 5) is 39.7. The molecule has 0 spiro atoms. The Morgan fingerprint density at radius 1 is 1.03 bits per heavy atom. The molecule has 1 amide bonds. The molecule has 30 heavy (non-hydrogen) atoms. The maximum Gasteiger partial charge on any atom is 0.326 e. The molecular weight excluding hydrogens is 380 g/mol. The normalized spacial score (nSPS) is 13.5. The van der Waals surface area contributed by atoms with Crippen LogP contribution in [0.15, 0.2) is 53.3 Å². The largest absolute Gasteiger partial charge is 0.454 e. The van der Waals surface area contributed by atoms with Crippen LogP contribution in [0.4, 0.5) is 0 Å². The van der Waals surface area contributed by atoms with Crippen molar-refractivity contribution < 1.29 is 14.3 Å². The number of rotatable bonds is 8. The smallest absolute Gasteiger partial charge is 0.326 e. The molecule has 0 saturated heterocycles. The predicted molar refractivity (Wildman–Crippen MR) is 116 cm³/mol. The minimum Gasteiger partial charge on any atom is -0.454 e. The van der Waals surface area contributed by atoms with Crippen LogP contribution in [0.5, 0.6) is 0 Å². The number of ether oxygens (including phenoxy) is 1. The Kier molecular flexibility index (Phi) is 5.84. The number of carbonyl (C=O) groups excluding carboxylic acids is 2. The van der Waals surface area contributed by atoms with Crippen molar-refractivity contribution in [2.24, 2.45) is 5.92 Å². The van der Waals surface area contributed by atoms with Crippen molar-refractivity contribution in [1.29, 1.82) is 0 Å². The number of hydrogen-bond acceptors (Lipinski definition) is 4. The van der Waals surface area contributed by atoms with Gasteiger partial charge in [-0.2, -0.15) is 0 Å². The van der Waals surface area contributed by atoms with Crippen LogP contribution < -0.4 is 5.43 Å². The van der Waals surface area contributed by atoms with Crippen LogP contribution in [0.3, 0.4) is 0 Å². The van der Waals surface area contributed by atoms with Crippen LogP contribution in [-0.4, -0.2) is 41.0 Å². The first-order valence-corrected chi connectivity index (χ1v) is 10.5. The first kappa shape index (κ1) is 20.1. The Morgan fingerprint density at radius 2 is 1.63 bits per heavy atom. The van der Waals surface area contributed by atoms with E-state index in [-0.39, 0.29) is 24.5 Å². The molecule has 3 aromatic rings. The first-order chi connectivity index (χ1) is 14.6. The van der Waals surface area contributed by atoms with Gasteiger partial charge in [-0.3, -0.25) is 14.4 Å². The average Bonchev–Trinajstić information content (AvgIpc) is 3.59. The molecule has 156 valence electrons. The molecule has 0 atom stereocenters. The maximum atomic E-state index is 12.8. The highest BCUT2D eigenvalue weighted by Gasteiger charge is 2.26. The molecule has 6 heteroatoms. The van der Waals surface area contributed by atoms with E-state index in [1.54, 1.807) is 21.6 Å². The Morgan fingerprint density at radius 3 is 2.20 bits per heavy atom. The highest BCUT2D eigenvalue weighted by Crippen LogP contribution is 2.29. The Hall–Kier alpha value is -3.15. The Balaban J connectivity index is 1.53. The molecular formula is C24H26N2O4. The van der Waals surface area contributed by atoms with Crippen molar-refractivity contribution in [2.75, 3.05) is 19.7 Å². The van der Waals surface area contributed by atoms with E-state index in [1.807, 2.05) is 43.3 Å². The molecule has 0 N–H and O–H groups in total. The molecule has 0 bridgehead atoms. The van der Waals surface area contributed by atoms with Crippen LogP contribution in [0.25, 0.3) is 21.8 Å². The van der Waals surface area contributed by atoms with Gasteiger partial charge in [0.2, 0.25) is 0 Å². The van der Waals surface area contributed by atoms with Gasteiger partial charge in [0.25, 0.3) is 5.91 Å². The van der Waals surface area contributed by atoms with E-state index in [4.69, 9.17) is 4.74 Å². The first-order valence-electron chi connectivity index (χ1n) is 10.5. The fourth-order valence-electron chi connectivity index (χ4n) is 3.86. The summed E-state index contributed by atoms with van der Waals surface area (Å²) in [5.74, 6) is -0.0491. The van der Waals surface area contributed by atoms with E-state index in [0.717, 1.165) is 13.0 Å². The van der Waals surface area contributed by atoms with Crippen LogP contribution in [0.1, 0.15) is 26.2 Å². The highest BCUT2D eigenvalue weighted by atomic mass is 16.5. The second-order valence-electron chi connectivity index (χ2n) is 7.89. The highest BCUT2D eigenvalue weighted by molar-refractivity contribution is 5.94. The topological polar surface area (TPSA) is 68.6 Å². The molecule has 1 aliphatic carbocycles. The van der Waals surface area contributed by atoms with Crippen molar-refractivity contribution in [2.45, 2.75) is 32.7 Å². The maximum absolute atomic E-state index is 12.8. The molecule has 0 unspecified atom stereocenters. The fourth-order valence-corrected chi connectivity index (χ4v) is 3.86. The van der Waals surface area contributed by atoms with E-state index in [1.165, 1.54) is 12.8 Å². The summed E-state index contributed by atoms with van der Waals surface area (Å²) in [6.45, 7) is 3.15. The monoisotopic (exact) mass is 406 g/mol. The molecule has 2 aromatic carbocycles. The zero-order valence-corrected chi connectivity index (χ0v) is 17.2. The van der Waals surface area contributed by atoms with Crippen LogP contribution in [0.2, 0.25) is 0 Å². The number of hydrogen-bond donors (Lipinski definition) is 0. The molecule has 1 aliphatic rings. The Labute approximate surface area is 175 Å². The third-order valence-electron chi connectivity index (χ3n) is 5.54. The molecule has 4 rings (SSSR count). The van der Waals surface area contributed by atoms with Crippen molar-refractivity contribution in [3.8, 4) is 0 Å². The van der Waals surface area contributed by atoms with Gasteiger partial charge >= 0.3 is 5.97 Å². The summed E-state index contributed by atoms with van der Waals surface area (Å²) in [5, 5.41) is 1.11. The molecule has 1 fully saturated rings. The van der Waals surface area contributed by atoms with E-state index in [2.05, 4.69) is 0 Å². The van der Waals surface area contributed by atoms with Gasteiger partial charge in [0.05, 0.1) is 11.0 Å². The lowest BCUT2D eigenvalue weighted by molar-refractivity contribution is -0.152. The number of nitrogens with zero attached hydrogens (tertiary/aromatic N) is 2. The summed E-state index contributed by atoms with van der Waals surface area (Å²) >= 11 is 0. The Bertz CT molecular complexity index is 1090. The van der Waals surface area contributed by atoms with Crippen LogP contribution >= 0.6 is 0 Å². The molecule has 1 aromatic heterocycles. The number of amides is 1. The van der Waals surface area contributed by atoms with Crippen LogP contribution in [0, 0.1) is 5.92 Å². The lowest BCUT2D eigenvalue weighted by Gasteiger charge is -2.22. The summed E-state index contributed by atoms with van der Waals surface area (Å²) in [5.41, 5.74) is 1.29. The second-order valence-corrected chi connectivity index (χ2v) is 7.89. The summed E-state index contributed by atoms with van der Waals surface area (Å²) in [6, 6.07) is 14.4. The minimum atomic E-state index is -0.495. The standard InChI is InChI=1S/C24H26N2O4/c1-2-13-25(14-17-11-12-17)22(27)16-30-23(28)15-26-20-9-5-3-7-18(20)24(29)19-8-4-6-10-21(19)26/h3-10,17H,2,11-16H2,1H3. The van der Waals surface area contributed by atoms with Crippen molar-refractivity contribution in [3.05, 3.63) is 58.8 Å². The molecule has 0 radical (unpaired) electrons. The van der Waals surface area contributed by atoms with Gasteiger partial charge < -0.3 is 14.2 Å². The van der Waals surface area contributed by atoms with Gasteiger partial charge in [-0.15, -0.1) is 0 Å². The molecule has 0 aliphatic heterocycles. The van der Waals surface area contributed by atoms with Gasteiger partial charge in [0, 0.05) is 23.9 Å². The van der Waals surface area contributed by atoms with Gasteiger partial charge in [0.1, 0.15) is 6.54 Å². The molecule has 6 nitrogen and oxygen atoms in total. The lowest BCUT2D eigenvalue weighted by atomic mass is 10.1. The zero-order valence-electron chi connectivity index (χ0n) is 17.2. The lowest BCUT2D eigenvalue weighted by Crippen LogP contribution is -2.37. The van der Waals surface area contributed by atoms with Crippen molar-refractivity contribution in [1.82, 2.24) is 9.47 Å². The molecule has 1 heterocycles. The number of aromatic nitrogens is 1. The van der Waals surface area contributed by atoms with Gasteiger partial charge in [0.15, 0.2) is 12.0 Å². The number of carbonyl (C=O) groups is 2. The van der Waals surface area contributed by atoms with E-state index in [0.29, 0.717) is 34.3 Å². The third kappa shape index (κ3) is 4.22. The van der Waals surface area contributed by atoms with Crippen molar-refractivity contribution >= 4 is 33.7 Å². The molecule has 1 saturated carbocycles. The summed E-state index contributed by atoms with van der Waals surface area (Å²) < 4.78 is 7.12. The van der Waals surface area contributed by atoms with E-state index >= 15 is 0 Å². The second kappa shape index (κ2) is 8.69. The van der Waals surface area contributed by atoms with Gasteiger partial charge in [-0.25, -0.2) is 0 Å². The predicted octanol–water partition coefficient (Wildman–Crippen LogP) is 3.35. The number of benzene rings is 2. The van der Waals surface area contributed by atoms with E-state index < -0.39 is 5.97 Å². The number of fused-ring (bicyclic) bond motifs is 2. The quantitative estimate of drug-likeness (QED) is 0.425. The number of pyridine rings is 1. The van der Waals surface area contributed by atoms with E-state index in [9.17, 15) is 14.4 Å². The van der Waals surface area contributed by atoms with Gasteiger partial charge in [-0.05, 0) is 49.4 Å². The number of para-hydroxylation sites is 2. The van der Waals surface area contributed by atoms with Crippen molar-refractivity contribution in [3.63, 3.8) is 0 Å². The van der Waals surface area contributed by atoms with Gasteiger partial charge in [-0.1, -0.05) is 31.2 Å². The minimum absolute atomic E-state index is 0.0590. The fraction of sp³-hybridized carbons (Fsp3) is 0.375. The average molecular weight is 406 g/mol. The number of esters is 1. The third-order valence-corrected chi connectivity index (χ3v) is 5.54. The SMILES string of the molecule is CCCN(CC1CC1)C(=O)COC(=O)Cn1c2ccccc2c(=O)c2ccccc21. The van der Waals surface area contributed by atoms with Crippen LogP contribution in [-0.2, 0) is 20.9 Å². The zero-order chi connectivity index (χ0) is 21.1.